The number of hydrogen-bond acceptors (Lipinski definition) is 5. The molecule has 1 aliphatic rings. The van der Waals surface area contributed by atoms with E-state index in [0.717, 1.165) is 38.1 Å². The van der Waals surface area contributed by atoms with Crippen molar-refractivity contribution in [1.82, 2.24) is 15.0 Å². The summed E-state index contributed by atoms with van der Waals surface area (Å²) in [7, 11) is 1.61. The van der Waals surface area contributed by atoms with Crippen LogP contribution < -0.4 is 0 Å². The van der Waals surface area contributed by atoms with Crippen LogP contribution in [0.4, 0.5) is 0 Å². The minimum atomic E-state index is 0.143. The molecule has 6 heteroatoms. The van der Waals surface area contributed by atoms with E-state index in [9.17, 15) is 4.79 Å². The van der Waals surface area contributed by atoms with Gasteiger partial charge in [-0.25, -0.2) is 0 Å². The normalized spacial score (nSPS) is 19.3. The Morgan fingerprint density at radius 1 is 1.55 bits per heavy atom. The highest BCUT2D eigenvalue weighted by molar-refractivity contribution is 5.76. The highest BCUT2D eigenvalue weighted by Gasteiger charge is 2.28. The van der Waals surface area contributed by atoms with Gasteiger partial charge in [-0.2, -0.15) is 4.98 Å². The predicted molar refractivity (Wildman–Crippen MR) is 73.3 cm³/mol. The lowest BCUT2D eigenvalue weighted by Gasteiger charge is -2.31. The number of piperidine rings is 1. The summed E-state index contributed by atoms with van der Waals surface area (Å²) in [5.41, 5.74) is 0. The molecule has 2 heterocycles. The number of amides is 1. The second-order valence-electron chi connectivity index (χ2n) is 5.22. The first-order valence-corrected chi connectivity index (χ1v) is 7.33. The van der Waals surface area contributed by atoms with Crippen molar-refractivity contribution in [1.29, 1.82) is 0 Å². The molecule has 0 spiro atoms. The largest absolute Gasteiger partial charge is 0.384 e. The highest BCUT2D eigenvalue weighted by Crippen LogP contribution is 2.26. The van der Waals surface area contributed by atoms with Crippen LogP contribution in [-0.4, -0.2) is 47.8 Å². The second-order valence-corrected chi connectivity index (χ2v) is 5.22. The molecule has 0 bridgehead atoms. The predicted octanol–water partition coefficient (Wildman–Crippen LogP) is 1.76. The molecule has 112 valence electrons. The highest BCUT2D eigenvalue weighted by atomic mass is 16.5. The Hall–Kier alpha value is -1.43. The zero-order chi connectivity index (χ0) is 14.4. The molecule has 1 aliphatic heterocycles. The number of aryl methyl sites for hydroxylation is 1. The molecule has 1 saturated heterocycles. The van der Waals surface area contributed by atoms with E-state index in [-0.39, 0.29) is 11.8 Å². The number of nitrogens with zero attached hydrogens (tertiary/aromatic N) is 3. The molecule has 1 atom stereocenters. The van der Waals surface area contributed by atoms with Gasteiger partial charge in [0.2, 0.25) is 11.8 Å². The zero-order valence-corrected chi connectivity index (χ0v) is 12.3. The van der Waals surface area contributed by atoms with Crippen molar-refractivity contribution in [3.8, 4) is 0 Å². The summed E-state index contributed by atoms with van der Waals surface area (Å²) in [6.45, 7) is 4.05. The summed E-state index contributed by atoms with van der Waals surface area (Å²) in [5.74, 6) is 1.77. The molecule has 1 aromatic rings. The third-order valence-corrected chi connectivity index (χ3v) is 3.60. The Kier molecular flexibility index (Phi) is 5.52. The van der Waals surface area contributed by atoms with Crippen molar-refractivity contribution in [2.24, 2.45) is 0 Å². The van der Waals surface area contributed by atoms with Crippen molar-refractivity contribution in [3.63, 3.8) is 0 Å². The van der Waals surface area contributed by atoms with Gasteiger partial charge in [-0.15, -0.1) is 0 Å². The van der Waals surface area contributed by atoms with Gasteiger partial charge in [-0.05, 0) is 19.3 Å². The third kappa shape index (κ3) is 3.79. The molecule has 2 rings (SSSR count). The number of ether oxygens (including phenoxy) is 1. The van der Waals surface area contributed by atoms with Crippen molar-refractivity contribution in [2.75, 3.05) is 26.8 Å². The van der Waals surface area contributed by atoms with Crippen LogP contribution in [0, 0.1) is 0 Å². The summed E-state index contributed by atoms with van der Waals surface area (Å²) in [6.07, 6.45) is 4.27. The Balaban J connectivity index is 1.93. The molecule has 0 N–H and O–H groups in total. The first kappa shape index (κ1) is 15.0. The van der Waals surface area contributed by atoms with Crippen LogP contribution in [0.25, 0.3) is 0 Å². The van der Waals surface area contributed by atoms with E-state index < -0.39 is 0 Å². The lowest BCUT2D eigenvalue weighted by Crippen LogP contribution is -2.39. The monoisotopic (exact) mass is 281 g/mol. The SMILES string of the molecule is CCCc1noc(C2CCCN(C(=O)CCOC)C2)n1. The number of hydrogen-bond donors (Lipinski definition) is 0. The Labute approximate surface area is 119 Å². The molecule has 0 aliphatic carbocycles. The fraction of sp³-hybridized carbons (Fsp3) is 0.786. The molecule has 0 aromatic carbocycles. The van der Waals surface area contributed by atoms with Gasteiger partial charge in [0, 0.05) is 26.6 Å². The van der Waals surface area contributed by atoms with E-state index in [1.54, 1.807) is 7.11 Å². The Morgan fingerprint density at radius 2 is 2.40 bits per heavy atom. The van der Waals surface area contributed by atoms with E-state index in [4.69, 9.17) is 9.26 Å². The minimum absolute atomic E-state index is 0.143. The zero-order valence-electron chi connectivity index (χ0n) is 12.3. The van der Waals surface area contributed by atoms with E-state index >= 15 is 0 Å². The molecular weight excluding hydrogens is 258 g/mol. The van der Waals surface area contributed by atoms with Gasteiger partial charge in [0.1, 0.15) is 0 Å². The van der Waals surface area contributed by atoms with Crippen LogP contribution in [0.15, 0.2) is 4.52 Å². The summed E-state index contributed by atoms with van der Waals surface area (Å²) >= 11 is 0. The number of methoxy groups -OCH3 is 1. The van der Waals surface area contributed by atoms with Gasteiger partial charge in [-0.1, -0.05) is 12.1 Å². The van der Waals surface area contributed by atoms with E-state index in [0.29, 0.717) is 25.5 Å². The van der Waals surface area contributed by atoms with Crippen molar-refractivity contribution >= 4 is 5.91 Å². The van der Waals surface area contributed by atoms with Crippen molar-refractivity contribution in [3.05, 3.63) is 11.7 Å². The third-order valence-electron chi connectivity index (χ3n) is 3.60. The molecule has 20 heavy (non-hydrogen) atoms. The Bertz CT molecular complexity index is 433. The molecule has 1 amide bonds. The van der Waals surface area contributed by atoms with Gasteiger partial charge in [0.15, 0.2) is 5.82 Å². The topological polar surface area (TPSA) is 68.5 Å². The number of aromatic nitrogens is 2. The minimum Gasteiger partial charge on any atom is -0.384 e. The standard InChI is InChI=1S/C14H23N3O3/c1-3-5-12-15-14(20-16-12)11-6-4-8-17(10-11)13(18)7-9-19-2/h11H,3-10H2,1-2H3. The molecule has 1 fully saturated rings. The van der Waals surface area contributed by atoms with E-state index in [1.165, 1.54) is 0 Å². The Morgan fingerprint density at radius 3 is 3.15 bits per heavy atom. The first-order chi connectivity index (χ1) is 9.74. The van der Waals surface area contributed by atoms with E-state index in [2.05, 4.69) is 17.1 Å². The maximum absolute atomic E-state index is 12.0. The van der Waals surface area contributed by atoms with Crippen LogP contribution in [0.1, 0.15) is 50.2 Å². The summed E-state index contributed by atoms with van der Waals surface area (Å²) in [5, 5.41) is 3.99. The second kappa shape index (κ2) is 7.38. The van der Waals surface area contributed by atoms with Crippen LogP contribution in [-0.2, 0) is 16.0 Å². The maximum Gasteiger partial charge on any atom is 0.231 e. The van der Waals surface area contributed by atoms with Crippen LogP contribution >= 0.6 is 0 Å². The average Bonchev–Trinajstić information content (AvgIpc) is 2.94. The number of likely N-dealkylation sites (tertiary alicyclic amines) is 1. The molecule has 0 saturated carbocycles. The fourth-order valence-corrected chi connectivity index (χ4v) is 2.51. The van der Waals surface area contributed by atoms with Gasteiger partial charge in [0.05, 0.1) is 18.9 Å². The van der Waals surface area contributed by atoms with E-state index in [1.807, 2.05) is 4.90 Å². The number of rotatable bonds is 6. The smallest absolute Gasteiger partial charge is 0.231 e. The first-order valence-electron chi connectivity index (χ1n) is 7.33. The molecule has 0 radical (unpaired) electrons. The lowest BCUT2D eigenvalue weighted by molar-refractivity contribution is -0.133. The molecule has 1 unspecified atom stereocenters. The number of carbonyl (C=O) groups excluding carboxylic acids is 1. The lowest BCUT2D eigenvalue weighted by atomic mass is 9.97. The van der Waals surface area contributed by atoms with Crippen LogP contribution in [0.3, 0.4) is 0 Å². The summed E-state index contributed by atoms with van der Waals surface area (Å²) < 4.78 is 10.3. The van der Waals surface area contributed by atoms with Crippen LogP contribution in [0.5, 0.6) is 0 Å². The molecule has 1 aromatic heterocycles. The number of carbonyl (C=O) groups is 1. The quantitative estimate of drug-likeness (QED) is 0.794. The molecule has 6 nitrogen and oxygen atoms in total. The fourth-order valence-electron chi connectivity index (χ4n) is 2.51. The van der Waals surface area contributed by atoms with Crippen molar-refractivity contribution in [2.45, 2.75) is 44.9 Å². The maximum atomic E-state index is 12.0. The van der Waals surface area contributed by atoms with Gasteiger partial charge in [-0.3, -0.25) is 4.79 Å². The average molecular weight is 281 g/mol. The van der Waals surface area contributed by atoms with Gasteiger partial charge in [0.25, 0.3) is 0 Å². The van der Waals surface area contributed by atoms with Gasteiger partial charge < -0.3 is 14.2 Å². The summed E-state index contributed by atoms with van der Waals surface area (Å²) in [4.78, 5) is 18.3. The van der Waals surface area contributed by atoms with Crippen molar-refractivity contribution < 1.29 is 14.1 Å². The summed E-state index contributed by atoms with van der Waals surface area (Å²) in [6, 6.07) is 0. The van der Waals surface area contributed by atoms with Gasteiger partial charge >= 0.3 is 0 Å². The van der Waals surface area contributed by atoms with Crippen LogP contribution in [0.2, 0.25) is 0 Å². The molecular formula is C14H23N3O3.